The van der Waals surface area contributed by atoms with E-state index in [4.69, 9.17) is 27.9 Å². The van der Waals surface area contributed by atoms with Crippen molar-refractivity contribution >= 4 is 58.1 Å². The van der Waals surface area contributed by atoms with E-state index in [1.807, 2.05) is 0 Å². The van der Waals surface area contributed by atoms with E-state index in [0.29, 0.717) is 27.0 Å². The summed E-state index contributed by atoms with van der Waals surface area (Å²) in [6.07, 6.45) is 0.0362. The molecule has 0 unspecified atom stereocenters. The number of nitrogens with zero attached hydrogens (tertiary/aromatic N) is 1. The molecule has 9 heteroatoms. The van der Waals surface area contributed by atoms with Crippen LogP contribution in [0.2, 0.25) is 10.0 Å². The second-order valence-electron chi connectivity index (χ2n) is 7.93. The lowest BCUT2D eigenvalue weighted by Crippen LogP contribution is -2.28. The molecule has 0 spiro atoms. The van der Waals surface area contributed by atoms with E-state index in [0.717, 1.165) is 0 Å². The van der Waals surface area contributed by atoms with Crippen molar-refractivity contribution in [2.45, 2.75) is 6.42 Å². The highest BCUT2D eigenvalue weighted by Gasteiger charge is 2.36. The number of Topliss-reactive ketones (excluding diaryl/α,β-unsaturated/α-hetero) is 1. The smallest absolute Gasteiger partial charge is 0.338 e. The van der Waals surface area contributed by atoms with Gasteiger partial charge in [0.25, 0.3) is 0 Å². The summed E-state index contributed by atoms with van der Waals surface area (Å²) in [5, 5.41) is 3.57. The summed E-state index contributed by atoms with van der Waals surface area (Å²) in [6, 6.07) is 19.4. The Bertz CT molecular complexity index is 1280. The van der Waals surface area contributed by atoms with E-state index in [-0.39, 0.29) is 42.7 Å². The number of carbonyl (C=O) groups is 4. The van der Waals surface area contributed by atoms with Gasteiger partial charge in [0.2, 0.25) is 11.8 Å². The summed E-state index contributed by atoms with van der Waals surface area (Å²) in [4.78, 5) is 51.0. The lowest BCUT2D eigenvalue weighted by atomic mass is 10.1. The third-order valence-electron chi connectivity index (χ3n) is 5.51. The molecule has 4 rings (SSSR count). The number of halogens is 2. The zero-order valence-corrected chi connectivity index (χ0v) is 19.9. The van der Waals surface area contributed by atoms with Gasteiger partial charge in [0, 0.05) is 29.2 Å². The number of anilines is 2. The fourth-order valence-corrected chi connectivity index (χ4v) is 4.05. The fourth-order valence-electron chi connectivity index (χ4n) is 3.66. The van der Waals surface area contributed by atoms with Crippen LogP contribution in [0.15, 0.2) is 72.8 Å². The van der Waals surface area contributed by atoms with Crippen LogP contribution in [0.25, 0.3) is 0 Å². The Balaban J connectivity index is 1.32. The molecule has 2 amide bonds. The molecule has 1 saturated heterocycles. The highest BCUT2D eigenvalue weighted by atomic mass is 35.5. The zero-order valence-electron chi connectivity index (χ0n) is 18.4. The molecule has 0 aliphatic carbocycles. The van der Waals surface area contributed by atoms with Crippen molar-refractivity contribution in [1.82, 2.24) is 0 Å². The second kappa shape index (κ2) is 10.7. The van der Waals surface area contributed by atoms with Crippen molar-refractivity contribution in [3.05, 3.63) is 94.0 Å². The van der Waals surface area contributed by atoms with Crippen LogP contribution in [0.5, 0.6) is 0 Å². The van der Waals surface area contributed by atoms with Gasteiger partial charge in [-0.25, -0.2) is 4.79 Å². The Labute approximate surface area is 211 Å². The molecule has 3 aromatic rings. The quantitative estimate of drug-likeness (QED) is 0.355. The molecule has 35 heavy (non-hydrogen) atoms. The maximum Gasteiger partial charge on any atom is 0.338 e. The molecule has 0 saturated carbocycles. The number of ketones is 1. The van der Waals surface area contributed by atoms with E-state index in [1.54, 1.807) is 60.7 Å². The van der Waals surface area contributed by atoms with Crippen LogP contribution in [-0.2, 0) is 14.3 Å². The van der Waals surface area contributed by atoms with Crippen LogP contribution < -0.4 is 10.2 Å². The standard InChI is InChI=1S/C26H20Cl2N2O5/c27-19-8-11-21(28)22(13-19)30-14-18(12-24(30)32)25(33)29-20-9-6-17(7-10-20)26(34)35-15-23(31)16-4-2-1-3-5-16/h1-11,13,18H,12,14-15H2,(H,29,33)/t18-/m0/s1. The van der Waals surface area contributed by atoms with Gasteiger partial charge in [-0.1, -0.05) is 53.5 Å². The molecule has 178 valence electrons. The lowest BCUT2D eigenvalue weighted by Gasteiger charge is -2.18. The minimum Gasteiger partial charge on any atom is -0.454 e. The molecule has 1 heterocycles. The van der Waals surface area contributed by atoms with Gasteiger partial charge >= 0.3 is 5.97 Å². The van der Waals surface area contributed by atoms with Crippen molar-refractivity contribution < 1.29 is 23.9 Å². The van der Waals surface area contributed by atoms with Gasteiger partial charge in [-0.05, 0) is 42.5 Å². The molecular formula is C26H20Cl2N2O5. The van der Waals surface area contributed by atoms with Crippen molar-refractivity contribution in [1.29, 1.82) is 0 Å². The highest BCUT2D eigenvalue weighted by Crippen LogP contribution is 2.33. The summed E-state index contributed by atoms with van der Waals surface area (Å²) in [5.41, 5.74) is 1.62. The third kappa shape index (κ3) is 5.88. The molecule has 1 N–H and O–H groups in total. The molecule has 1 fully saturated rings. The first-order chi connectivity index (χ1) is 16.8. The number of ether oxygens (including phenoxy) is 1. The minimum absolute atomic E-state index is 0.0362. The van der Waals surface area contributed by atoms with Crippen LogP contribution in [0.3, 0.4) is 0 Å². The van der Waals surface area contributed by atoms with Crippen LogP contribution in [0, 0.1) is 5.92 Å². The monoisotopic (exact) mass is 510 g/mol. The molecule has 3 aromatic carbocycles. The van der Waals surface area contributed by atoms with Crippen LogP contribution >= 0.6 is 23.2 Å². The second-order valence-corrected chi connectivity index (χ2v) is 8.78. The summed E-state index contributed by atoms with van der Waals surface area (Å²) < 4.78 is 5.09. The van der Waals surface area contributed by atoms with Crippen LogP contribution in [0.4, 0.5) is 11.4 Å². The Hall–Kier alpha value is -3.68. The molecule has 1 aliphatic heterocycles. The number of benzene rings is 3. The number of amides is 2. The predicted molar refractivity (Wildman–Crippen MR) is 133 cm³/mol. The topological polar surface area (TPSA) is 92.8 Å². The number of esters is 1. The molecule has 0 aromatic heterocycles. The van der Waals surface area contributed by atoms with Crippen LogP contribution in [-0.4, -0.2) is 36.7 Å². The minimum atomic E-state index is -0.650. The van der Waals surface area contributed by atoms with E-state index in [1.165, 1.54) is 17.0 Å². The van der Waals surface area contributed by atoms with Gasteiger partial charge in [0.15, 0.2) is 12.4 Å². The highest BCUT2D eigenvalue weighted by molar-refractivity contribution is 6.36. The summed E-state index contributed by atoms with van der Waals surface area (Å²) >= 11 is 12.2. The van der Waals surface area contributed by atoms with Gasteiger partial charge in [-0.3, -0.25) is 14.4 Å². The fraction of sp³-hybridized carbons (Fsp3) is 0.154. The molecule has 7 nitrogen and oxygen atoms in total. The molecular weight excluding hydrogens is 491 g/mol. The molecule has 0 radical (unpaired) electrons. The van der Waals surface area contributed by atoms with Gasteiger partial charge in [0.05, 0.1) is 22.2 Å². The first-order valence-electron chi connectivity index (χ1n) is 10.7. The summed E-state index contributed by atoms with van der Waals surface area (Å²) in [5.74, 6) is -2.09. The number of hydrogen-bond acceptors (Lipinski definition) is 5. The number of rotatable bonds is 7. The van der Waals surface area contributed by atoms with E-state index in [2.05, 4.69) is 5.32 Å². The first kappa shape index (κ1) is 24.4. The van der Waals surface area contributed by atoms with Gasteiger partial charge < -0.3 is 15.0 Å². The number of hydrogen-bond donors (Lipinski definition) is 1. The van der Waals surface area contributed by atoms with E-state index < -0.39 is 11.9 Å². The summed E-state index contributed by atoms with van der Waals surface area (Å²) in [6.45, 7) is -0.200. The Kier molecular flexibility index (Phi) is 7.48. The van der Waals surface area contributed by atoms with E-state index in [9.17, 15) is 19.2 Å². The zero-order chi connectivity index (χ0) is 24.9. The average Bonchev–Trinajstić information content (AvgIpc) is 3.26. The summed E-state index contributed by atoms with van der Waals surface area (Å²) in [7, 11) is 0. The van der Waals surface area contributed by atoms with Gasteiger partial charge in [-0.2, -0.15) is 0 Å². The van der Waals surface area contributed by atoms with Crippen molar-refractivity contribution in [3.8, 4) is 0 Å². The van der Waals surface area contributed by atoms with E-state index >= 15 is 0 Å². The normalized spacial score (nSPS) is 15.1. The third-order valence-corrected chi connectivity index (χ3v) is 6.07. The Morgan fingerprint density at radius 3 is 2.37 bits per heavy atom. The maximum absolute atomic E-state index is 12.7. The number of nitrogens with one attached hydrogen (secondary N) is 1. The number of carbonyl (C=O) groups excluding carboxylic acids is 4. The van der Waals surface area contributed by atoms with Gasteiger partial charge in [0.1, 0.15) is 0 Å². The molecule has 1 aliphatic rings. The predicted octanol–water partition coefficient (Wildman–Crippen LogP) is 5.02. The van der Waals surface area contributed by atoms with Crippen molar-refractivity contribution in [3.63, 3.8) is 0 Å². The lowest BCUT2D eigenvalue weighted by molar-refractivity contribution is -0.122. The SMILES string of the molecule is O=C(COC(=O)c1ccc(NC(=O)[C@H]2CC(=O)N(c3cc(Cl)ccc3Cl)C2)cc1)c1ccccc1. The largest absolute Gasteiger partial charge is 0.454 e. The first-order valence-corrected chi connectivity index (χ1v) is 11.5. The molecule has 0 bridgehead atoms. The van der Waals surface area contributed by atoms with Crippen LogP contribution in [0.1, 0.15) is 27.1 Å². The Morgan fingerprint density at radius 1 is 0.943 bits per heavy atom. The van der Waals surface area contributed by atoms with Crippen molar-refractivity contribution in [2.24, 2.45) is 5.92 Å². The maximum atomic E-state index is 12.7. The van der Waals surface area contributed by atoms with Gasteiger partial charge in [-0.15, -0.1) is 0 Å². The Morgan fingerprint density at radius 2 is 1.66 bits per heavy atom. The molecule has 1 atom stereocenters. The van der Waals surface area contributed by atoms with Crippen molar-refractivity contribution in [2.75, 3.05) is 23.4 Å². The average molecular weight is 511 g/mol.